The van der Waals surface area contributed by atoms with Gasteiger partial charge in [-0.05, 0) is 12.8 Å². The van der Waals surface area contributed by atoms with Crippen molar-refractivity contribution in [2.24, 2.45) is 0 Å². The maximum Gasteiger partial charge on any atom is 0.263 e. The number of nitrogens with zero attached hydrogens (tertiary/aromatic N) is 3. The van der Waals surface area contributed by atoms with Crippen LogP contribution in [0.15, 0.2) is 11.8 Å². The molecule has 0 unspecified atom stereocenters. The fraction of sp³-hybridized carbons (Fsp3) is 0.750. The van der Waals surface area contributed by atoms with E-state index < -0.39 is 0 Å². The standard InChI is InChI=1S/C16H28N4O2/c1-3-6-20(7-4-2)14-15(13-17)16(21)18-5-8-19-9-11-22-12-10-19/h14H,3-12H2,1-2H3,(H,18,21)/b15-14-. The van der Waals surface area contributed by atoms with Crippen LogP contribution in [0.2, 0.25) is 0 Å². The second kappa shape index (κ2) is 11.0. The Balaban J connectivity index is 2.43. The number of carbonyl (C=O) groups is 1. The average molecular weight is 308 g/mol. The summed E-state index contributed by atoms with van der Waals surface area (Å²) in [4.78, 5) is 16.4. The van der Waals surface area contributed by atoms with E-state index in [1.165, 1.54) is 0 Å². The van der Waals surface area contributed by atoms with Crippen LogP contribution in [0.3, 0.4) is 0 Å². The van der Waals surface area contributed by atoms with Crippen molar-refractivity contribution in [3.63, 3.8) is 0 Å². The van der Waals surface area contributed by atoms with Gasteiger partial charge in [0.15, 0.2) is 0 Å². The van der Waals surface area contributed by atoms with E-state index in [4.69, 9.17) is 4.74 Å². The predicted octanol–water partition coefficient (Wildman–Crippen LogP) is 0.964. The molecule has 0 saturated carbocycles. The molecule has 124 valence electrons. The molecule has 22 heavy (non-hydrogen) atoms. The van der Waals surface area contributed by atoms with Crippen LogP contribution in [0.1, 0.15) is 26.7 Å². The fourth-order valence-electron chi connectivity index (χ4n) is 2.38. The summed E-state index contributed by atoms with van der Waals surface area (Å²) in [6, 6.07) is 2.01. The Labute approximate surface area is 133 Å². The molecule has 1 saturated heterocycles. The summed E-state index contributed by atoms with van der Waals surface area (Å²) in [6.45, 7) is 10.5. The molecular weight excluding hydrogens is 280 g/mol. The van der Waals surface area contributed by atoms with E-state index in [0.717, 1.165) is 58.8 Å². The summed E-state index contributed by atoms with van der Waals surface area (Å²) in [5, 5.41) is 12.0. The van der Waals surface area contributed by atoms with Gasteiger partial charge in [-0.1, -0.05) is 13.8 Å². The van der Waals surface area contributed by atoms with Crippen molar-refractivity contribution >= 4 is 5.91 Å². The maximum absolute atomic E-state index is 12.1. The van der Waals surface area contributed by atoms with Crippen molar-refractivity contribution in [1.29, 1.82) is 5.26 Å². The highest BCUT2D eigenvalue weighted by Gasteiger charge is 2.13. The summed E-state index contributed by atoms with van der Waals surface area (Å²) in [5.74, 6) is -0.284. The van der Waals surface area contributed by atoms with E-state index in [1.54, 1.807) is 6.20 Å². The second-order valence-corrected chi connectivity index (χ2v) is 5.40. The van der Waals surface area contributed by atoms with Crippen molar-refractivity contribution in [2.75, 3.05) is 52.5 Å². The molecule has 1 fully saturated rings. The SMILES string of the molecule is CCCN(/C=C(/C#N)C(=O)NCCN1CCOCC1)CCC. The second-order valence-electron chi connectivity index (χ2n) is 5.40. The van der Waals surface area contributed by atoms with Gasteiger partial charge in [-0.3, -0.25) is 9.69 Å². The first kappa shape index (κ1) is 18.5. The predicted molar refractivity (Wildman–Crippen MR) is 86.1 cm³/mol. The summed E-state index contributed by atoms with van der Waals surface area (Å²) >= 11 is 0. The summed E-state index contributed by atoms with van der Waals surface area (Å²) in [5.41, 5.74) is 0.184. The number of rotatable bonds is 9. The Bertz CT molecular complexity index is 391. The van der Waals surface area contributed by atoms with Crippen LogP contribution >= 0.6 is 0 Å². The Morgan fingerprint density at radius 3 is 2.50 bits per heavy atom. The average Bonchev–Trinajstić information content (AvgIpc) is 2.53. The van der Waals surface area contributed by atoms with Gasteiger partial charge in [-0.25, -0.2) is 0 Å². The molecule has 0 spiro atoms. The molecule has 1 aliphatic rings. The van der Waals surface area contributed by atoms with Crippen molar-refractivity contribution in [3.8, 4) is 6.07 Å². The smallest absolute Gasteiger partial charge is 0.263 e. The van der Waals surface area contributed by atoms with Crippen molar-refractivity contribution in [2.45, 2.75) is 26.7 Å². The van der Waals surface area contributed by atoms with Gasteiger partial charge >= 0.3 is 0 Å². The van der Waals surface area contributed by atoms with Gasteiger partial charge in [0, 0.05) is 45.5 Å². The molecule has 0 atom stereocenters. The highest BCUT2D eigenvalue weighted by Crippen LogP contribution is 2.01. The Morgan fingerprint density at radius 2 is 1.95 bits per heavy atom. The molecule has 0 radical (unpaired) electrons. The molecule has 1 heterocycles. The first-order chi connectivity index (χ1) is 10.7. The van der Waals surface area contributed by atoms with E-state index in [-0.39, 0.29) is 11.5 Å². The third-order valence-electron chi connectivity index (χ3n) is 3.52. The van der Waals surface area contributed by atoms with E-state index in [9.17, 15) is 10.1 Å². The summed E-state index contributed by atoms with van der Waals surface area (Å²) in [7, 11) is 0. The summed E-state index contributed by atoms with van der Waals surface area (Å²) < 4.78 is 5.29. The molecular formula is C16H28N4O2. The Morgan fingerprint density at radius 1 is 1.32 bits per heavy atom. The molecule has 0 aliphatic carbocycles. The number of nitrogens with one attached hydrogen (secondary N) is 1. The van der Waals surface area contributed by atoms with Crippen LogP contribution in [-0.2, 0) is 9.53 Å². The Hall–Kier alpha value is -1.58. The van der Waals surface area contributed by atoms with Gasteiger partial charge in [0.1, 0.15) is 11.6 Å². The first-order valence-electron chi connectivity index (χ1n) is 8.15. The van der Waals surface area contributed by atoms with Gasteiger partial charge in [0.2, 0.25) is 0 Å². The minimum absolute atomic E-state index is 0.184. The normalized spacial score (nSPS) is 16.1. The van der Waals surface area contributed by atoms with Gasteiger partial charge in [0.25, 0.3) is 5.91 Å². The zero-order valence-corrected chi connectivity index (χ0v) is 13.8. The molecule has 6 heteroatoms. The fourth-order valence-corrected chi connectivity index (χ4v) is 2.38. The highest BCUT2D eigenvalue weighted by molar-refractivity contribution is 5.97. The lowest BCUT2D eigenvalue weighted by atomic mass is 10.2. The maximum atomic E-state index is 12.1. The van der Waals surface area contributed by atoms with Gasteiger partial charge in [-0.2, -0.15) is 5.26 Å². The van der Waals surface area contributed by atoms with E-state index >= 15 is 0 Å². The molecule has 0 aromatic heterocycles. The Kier molecular flexibility index (Phi) is 9.28. The molecule has 6 nitrogen and oxygen atoms in total. The number of hydrogen-bond donors (Lipinski definition) is 1. The van der Waals surface area contributed by atoms with Gasteiger partial charge in [0.05, 0.1) is 13.2 Å². The zero-order chi connectivity index (χ0) is 16.2. The van der Waals surface area contributed by atoms with E-state index in [1.807, 2.05) is 11.0 Å². The number of ether oxygens (including phenoxy) is 1. The monoisotopic (exact) mass is 308 g/mol. The topological polar surface area (TPSA) is 68.6 Å². The number of carbonyl (C=O) groups excluding carboxylic acids is 1. The lowest BCUT2D eigenvalue weighted by molar-refractivity contribution is -0.117. The van der Waals surface area contributed by atoms with E-state index in [0.29, 0.717) is 6.54 Å². The van der Waals surface area contributed by atoms with Gasteiger partial charge in [-0.15, -0.1) is 0 Å². The molecule has 1 rings (SSSR count). The van der Waals surface area contributed by atoms with Crippen molar-refractivity contribution < 1.29 is 9.53 Å². The quantitative estimate of drug-likeness (QED) is 0.508. The number of hydrogen-bond acceptors (Lipinski definition) is 5. The van der Waals surface area contributed by atoms with Crippen LogP contribution in [0, 0.1) is 11.3 Å². The molecule has 1 N–H and O–H groups in total. The number of nitriles is 1. The summed E-state index contributed by atoms with van der Waals surface area (Å²) in [6.07, 6.45) is 3.68. The van der Waals surface area contributed by atoms with Crippen molar-refractivity contribution in [1.82, 2.24) is 15.1 Å². The molecule has 1 aliphatic heterocycles. The molecule has 1 amide bonds. The third kappa shape index (κ3) is 6.92. The van der Waals surface area contributed by atoms with Crippen molar-refractivity contribution in [3.05, 3.63) is 11.8 Å². The minimum atomic E-state index is -0.284. The molecule has 0 bridgehead atoms. The van der Waals surface area contributed by atoms with Crippen LogP contribution < -0.4 is 5.32 Å². The van der Waals surface area contributed by atoms with Crippen LogP contribution in [-0.4, -0.2) is 68.2 Å². The highest BCUT2D eigenvalue weighted by atomic mass is 16.5. The lowest BCUT2D eigenvalue weighted by Gasteiger charge is -2.26. The van der Waals surface area contributed by atoms with E-state index in [2.05, 4.69) is 24.1 Å². The lowest BCUT2D eigenvalue weighted by Crippen LogP contribution is -2.41. The number of morpholine rings is 1. The minimum Gasteiger partial charge on any atom is -0.379 e. The van der Waals surface area contributed by atoms with Crippen LogP contribution in [0.4, 0.5) is 0 Å². The zero-order valence-electron chi connectivity index (χ0n) is 13.8. The van der Waals surface area contributed by atoms with Gasteiger partial charge < -0.3 is 15.0 Å². The van der Waals surface area contributed by atoms with Crippen LogP contribution in [0.5, 0.6) is 0 Å². The third-order valence-corrected chi connectivity index (χ3v) is 3.52. The largest absolute Gasteiger partial charge is 0.379 e. The number of amides is 1. The first-order valence-corrected chi connectivity index (χ1v) is 8.15. The molecule has 0 aromatic carbocycles. The van der Waals surface area contributed by atoms with Crippen LogP contribution in [0.25, 0.3) is 0 Å². The molecule has 0 aromatic rings.